The van der Waals surface area contributed by atoms with Gasteiger partial charge in [-0.2, -0.15) is 0 Å². The Kier molecular flexibility index (Phi) is 3.82. The second-order valence-corrected chi connectivity index (χ2v) is 6.06. The molecule has 0 amide bonds. The Labute approximate surface area is 145 Å². The molecule has 4 aromatic rings. The highest BCUT2D eigenvalue weighted by Gasteiger charge is 2.12. The summed E-state index contributed by atoms with van der Waals surface area (Å²) in [6.07, 6.45) is 1.95. The molecule has 4 rings (SSSR count). The molecule has 3 aromatic carbocycles. The summed E-state index contributed by atoms with van der Waals surface area (Å²) >= 11 is 0. The molecule has 0 atom stereocenters. The molecule has 0 saturated heterocycles. The van der Waals surface area contributed by atoms with E-state index in [0.717, 1.165) is 22.0 Å². The number of aromatic nitrogens is 1. The molecular formula is C22H17NO2. The van der Waals surface area contributed by atoms with Crippen molar-refractivity contribution in [2.24, 2.45) is 0 Å². The van der Waals surface area contributed by atoms with Gasteiger partial charge in [0.25, 0.3) is 0 Å². The zero-order chi connectivity index (χ0) is 17.2. The third-order valence-corrected chi connectivity index (χ3v) is 4.41. The SMILES string of the molecule is O=C(O)c1cccc2ccn(Cc3cccc(-c4ccccc4)c3)c12. The van der Waals surface area contributed by atoms with Crippen LogP contribution < -0.4 is 0 Å². The first-order valence-electron chi connectivity index (χ1n) is 8.18. The summed E-state index contributed by atoms with van der Waals surface area (Å²) in [4.78, 5) is 11.5. The highest BCUT2D eigenvalue weighted by molar-refractivity contribution is 6.02. The number of benzene rings is 3. The minimum absolute atomic E-state index is 0.335. The molecule has 3 heteroatoms. The maximum Gasteiger partial charge on any atom is 0.337 e. The topological polar surface area (TPSA) is 42.2 Å². The van der Waals surface area contributed by atoms with Crippen LogP contribution in [0.4, 0.5) is 0 Å². The monoisotopic (exact) mass is 327 g/mol. The van der Waals surface area contributed by atoms with Crippen LogP contribution in [0.2, 0.25) is 0 Å². The van der Waals surface area contributed by atoms with Crippen LogP contribution in [-0.2, 0) is 6.54 Å². The van der Waals surface area contributed by atoms with Crippen molar-refractivity contribution in [3.8, 4) is 11.1 Å². The van der Waals surface area contributed by atoms with Crippen molar-refractivity contribution in [2.75, 3.05) is 0 Å². The minimum atomic E-state index is -0.899. The number of hydrogen-bond donors (Lipinski definition) is 1. The van der Waals surface area contributed by atoms with Gasteiger partial charge in [0.15, 0.2) is 0 Å². The molecule has 0 aliphatic rings. The fourth-order valence-electron chi connectivity index (χ4n) is 3.24. The zero-order valence-electron chi connectivity index (χ0n) is 13.6. The number of hydrogen-bond acceptors (Lipinski definition) is 1. The molecule has 1 N–H and O–H groups in total. The molecule has 122 valence electrons. The highest BCUT2D eigenvalue weighted by atomic mass is 16.4. The Morgan fingerprint density at radius 3 is 2.40 bits per heavy atom. The first-order chi connectivity index (χ1) is 12.2. The van der Waals surface area contributed by atoms with Gasteiger partial charge in [-0.1, -0.05) is 60.7 Å². The Morgan fingerprint density at radius 1 is 0.840 bits per heavy atom. The first-order valence-corrected chi connectivity index (χ1v) is 8.18. The van der Waals surface area contributed by atoms with Gasteiger partial charge in [0.1, 0.15) is 0 Å². The van der Waals surface area contributed by atoms with Crippen molar-refractivity contribution >= 4 is 16.9 Å². The summed E-state index contributed by atoms with van der Waals surface area (Å²) in [7, 11) is 0. The minimum Gasteiger partial charge on any atom is -0.478 e. The average molecular weight is 327 g/mol. The van der Waals surface area contributed by atoms with Crippen LogP contribution in [0.15, 0.2) is 85.1 Å². The summed E-state index contributed by atoms with van der Waals surface area (Å²) in [6.45, 7) is 0.633. The predicted molar refractivity (Wildman–Crippen MR) is 99.9 cm³/mol. The van der Waals surface area contributed by atoms with E-state index in [2.05, 4.69) is 30.3 Å². The second-order valence-electron chi connectivity index (χ2n) is 6.06. The average Bonchev–Trinajstić information content (AvgIpc) is 3.05. The largest absolute Gasteiger partial charge is 0.478 e. The van der Waals surface area contributed by atoms with E-state index in [-0.39, 0.29) is 0 Å². The molecule has 0 spiro atoms. The Hall–Kier alpha value is -3.33. The van der Waals surface area contributed by atoms with Gasteiger partial charge in [0.2, 0.25) is 0 Å². The molecule has 0 bridgehead atoms. The van der Waals surface area contributed by atoms with Gasteiger partial charge in [0.05, 0.1) is 11.1 Å². The van der Waals surface area contributed by atoms with E-state index >= 15 is 0 Å². The Bertz CT molecular complexity index is 1050. The van der Waals surface area contributed by atoms with Crippen LogP contribution in [0, 0.1) is 0 Å². The molecule has 0 fully saturated rings. The predicted octanol–water partition coefficient (Wildman–Crippen LogP) is 5.05. The van der Waals surface area contributed by atoms with Crippen molar-refractivity contribution in [1.29, 1.82) is 0 Å². The van der Waals surface area contributed by atoms with Gasteiger partial charge < -0.3 is 9.67 Å². The molecule has 0 radical (unpaired) electrons. The number of para-hydroxylation sites is 1. The van der Waals surface area contributed by atoms with E-state index in [4.69, 9.17) is 0 Å². The van der Waals surface area contributed by atoms with Gasteiger partial charge in [-0.3, -0.25) is 0 Å². The molecule has 0 aliphatic carbocycles. The van der Waals surface area contributed by atoms with E-state index < -0.39 is 5.97 Å². The maximum atomic E-state index is 11.5. The van der Waals surface area contributed by atoms with Crippen LogP contribution in [0.25, 0.3) is 22.0 Å². The molecule has 25 heavy (non-hydrogen) atoms. The lowest BCUT2D eigenvalue weighted by Crippen LogP contribution is -2.04. The Balaban J connectivity index is 1.74. The van der Waals surface area contributed by atoms with Crippen LogP contribution in [0.1, 0.15) is 15.9 Å². The van der Waals surface area contributed by atoms with Crippen LogP contribution in [-0.4, -0.2) is 15.6 Å². The third kappa shape index (κ3) is 2.92. The van der Waals surface area contributed by atoms with Gasteiger partial charge in [0, 0.05) is 18.1 Å². The van der Waals surface area contributed by atoms with Crippen LogP contribution in [0.3, 0.4) is 0 Å². The van der Waals surface area contributed by atoms with Crippen molar-refractivity contribution in [1.82, 2.24) is 4.57 Å². The fourth-order valence-corrected chi connectivity index (χ4v) is 3.24. The van der Waals surface area contributed by atoms with E-state index in [1.165, 1.54) is 5.56 Å². The standard InChI is InChI=1S/C22H17NO2/c24-22(25)20-11-5-9-18-12-13-23(21(18)20)15-16-6-4-10-19(14-16)17-7-2-1-3-8-17/h1-14H,15H2,(H,24,25). The molecule has 0 unspecified atom stereocenters. The number of aromatic carboxylic acids is 1. The van der Waals surface area contributed by atoms with E-state index in [0.29, 0.717) is 12.1 Å². The first kappa shape index (κ1) is 15.2. The lowest BCUT2D eigenvalue weighted by atomic mass is 10.0. The van der Waals surface area contributed by atoms with Gasteiger partial charge >= 0.3 is 5.97 Å². The van der Waals surface area contributed by atoms with E-state index in [9.17, 15) is 9.90 Å². The number of rotatable bonds is 4. The molecule has 0 aliphatic heterocycles. The molecule has 3 nitrogen and oxygen atoms in total. The van der Waals surface area contributed by atoms with E-state index in [1.807, 2.05) is 47.2 Å². The van der Waals surface area contributed by atoms with Gasteiger partial charge in [-0.15, -0.1) is 0 Å². The summed E-state index contributed by atoms with van der Waals surface area (Å²) < 4.78 is 2.00. The van der Waals surface area contributed by atoms with Gasteiger partial charge in [-0.05, 0) is 34.9 Å². The van der Waals surface area contributed by atoms with Crippen molar-refractivity contribution in [3.63, 3.8) is 0 Å². The number of carboxylic acids is 1. The summed E-state index contributed by atoms with van der Waals surface area (Å²) in [6, 6.07) is 25.9. The molecule has 0 saturated carbocycles. The number of carbonyl (C=O) groups is 1. The molecular weight excluding hydrogens is 310 g/mol. The molecule has 1 aromatic heterocycles. The lowest BCUT2D eigenvalue weighted by molar-refractivity contribution is 0.0698. The number of fused-ring (bicyclic) bond motifs is 1. The molecule has 1 heterocycles. The second kappa shape index (κ2) is 6.29. The summed E-state index contributed by atoms with van der Waals surface area (Å²) in [5.41, 5.74) is 4.57. The number of carboxylic acid groups (broad SMARTS) is 1. The summed E-state index contributed by atoms with van der Waals surface area (Å²) in [5, 5.41) is 10.4. The van der Waals surface area contributed by atoms with E-state index in [1.54, 1.807) is 12.1 Å². The Morgan fingerprint density at radius 2 is 1.60 bits per heavy atom. The maximum absolute atomic E-state index is 11.5. The zero-order valence-corrected chi connectivity index (χ0v) is 13.6. The van der Waals surface area contributed by atoms with Crippen molar-refractivity contribution in [2.45, 2.75) is 6.54 Å². The summed E-state index contributed by atoms with van der Waals surface area (Å²) in [5.74, 6) is -0.899. The van der Waals surface area contributed by atoms with Crippen LogP contribution in [0.5, 0.6) is 0 Å². The third-order valence-electron chi connectivity index (χ3n) is 4.41. The fraction of sp³-hybridized carbons (Fsp3) is 0.0455. The van der Waals surface area contributed by atoms with Crippen molar-refractivity contribution < 1.29 is 9.90 Å². The highest BCUT2D eigenvalue weighted by Crippen LogP contribution is 2.24. The van der Waals surface area contributed by atoms with Crippen molar-refractivity contribution in [3.05, 3.63) is 96.2 Å². The lowest BCUT2D eigenvalue weighted by Gasteiger charge is -2.10. The normalized spacial score (nSPS) is 10.9. The smallest absolute Gasteiger partial charge is 0.337 e. The van der Waals surface area contributed by atoms with Crippen LogP contribution >= 0.6 is 0 Å². The number of nitrogens with zero attached hydrogens (tertiary/aromatic N) is 1. The quantitative estimate of drug-likeness (QED) is 0.569. The van der Waals surface area contributed by atoms with Gasteiger partial charge in [-0.25, -0.2) is 4.79 Å².